The standard InChI is InChI=1S/C15H22FN3/c1-19-13-5-6-14(19)9-15(8-13,10-17)18-12-4-2-3-11(16)7-12/h2-4,7,13-14,18H,5-6,8-10,17H2,1H3. The quantitative estimate of drug-likeness (QED) is 0.878. The number of halogens is 1. The van der Waals surface area contributed by atoms with Crippen molar-refractivity contribution in [2.45, 2.75) is 43.3 Å². The maximum atomic E-state index is 13.3. The van der Waals surface area contributed by atoms with Gasteiger partial charge < -0.3 is 16.0 Å². The van der Waals surface area contributed by atoms with Crippen LogP contribution in [0.1, 0.15) is 25.7 Å². The zero-order valence-corrected chi connectivity index (χ0v) is 11.4. The molecule has 2 unspecified atom stereocenters. The Kier molecular flexibility index (Phi) is 3.23. The Morgan fingerprint density at radius 2 is 2.05 bits per heavy atom. The monoisotopic (exact) mass is 263 g/mol. The number of piperidine rings is 1. The van der Waals surface area contributed by atoms with E-state index in [9.17, 15) is 4.39 Å². The first-order chi connectivity index (χ1) is 9.12. The molecule has 0 spiro atoms. The molecule has 0 aromatic heterocycles. The molecule has 1 aromatic rings. The second-order valence-corrected chi connectivity index (χ2v) is 6.08. The lowest BCUT2D eigenvalue weighted by Gasteiger charge is -2.45. The Morgan fingerprint density at radius 3 is 2.63 bits per heavy atom. The van der Waals surface area contributed by atoms with Crippen LogP contribution in [0.5, 0.6) is 0 Å². The van der Waals surface area contributed by atoms with Crippen molar-refractivity contribution in [2.24, 2.45) is 5.73 Å². The second kappa shape index (κ2) is 4.76. The van der Waals surface area contributed by atoms with Gasteiger partial charge in [-0.05, 0) is 50.9 Å². The van der Waals surface area contributed by atoms with Gasteiger partial charge in [0.1, 0.15) is 5.82 Å². The predicted molar refractivity (Wildman–Crippen MR) is 75.6 cm³/mol. The molecule has 3 N–H and O–H groups in total. The molecule has 4 heteroatoms. The summed E-state index contributed by atoms with van der Waals surface area (Å²) in [7, 11) is 2.21. The first kappa shape index (κ1) is 12.9. The van der Waals surface area contributed by atoms with Gasteiger partial charge in [-0.25, -0.2) is 4.39 Å². The molecule has 2 atom stereocenters. The lowest BCUT2D eigenvalue weighted by Crippen LogP contribution is -2.57. The van der Waals surface area contributed by atoms with Crippen LogP contribution >= 0.6 is 0 Å². The van der Waals surface area contributed by atoms with Crippen molar-refractivity contribution in [1.29, 1.82) is 0 Å². The maximum absolute atomic E-state index is 13.3. The Morgan fingerprint density at radius 1 is 1.37 bits per heavy atom. The topological polar surface area (TPSA) is 41.3 Å². The van der Waals surface area contributed by atoms with E-state index in [0.717, 1.165) is 18.5 Å². The van der Waals surface area contributed by atoms with Crippen LogP contribution in [0, 0.1) is 5.82 Å². The van der Waals surface area contributed by atoms with Crippen LogP contribution in [0.3, 0.4) is 0 Å². The fraction of sp³-hybridized carbons (Fsp3) is 0.600. The van der Waals surface area contributed by atoms with Gasteiger partial charge in [0.2, 0.25) is 0 Å². The first-order valence-corrected chi connectivity index (χ1v) is 7.08. The minimum atomic E-state index is -0.201. The molecule has 0 amide bonds. The lowest BCUT2D eigenvalue weighted by molar-refractivity contribution is 0.127. The Hall–Kier alpha value is -1.13. The summed E-state index contributed by atoms with van der Waals surface area (Å²) in [5, 5.41) is 3.51. The van der Waals surface area contributed by atoms with Gasteiger partial charge in [0.15, 0.2) is 0 Å². The molecule has 0 radical (unpaired) electrons. The number of nitrogens with zero attached hydrogens (tertiary/aromatic N) is 1. The summed E-state index contributed by atoms with van der Waals surface area (Å²) >= 11 is 0. The molecule has 104 valence electrons. The van der Waals surface area contributed by atoms with E-state index in [0.29, 0.717) is 18.6 Å². The molecule has 3 nitrogen and oxygen atoms in total. The molecule has 2 bridgehead atoms. The summed E-state index contributed by atoms with van der Waals surface area (Å²) in [6.45, 7) is 0.602. The van der Waals surface area contributed by atoms with Gasteiger partial charge >= 0.3 is 0 Å². The zero-order chi connectivity index (χ0) is 13.5. The van der Waals surface area contributed by atoms with Gasteiger partial charge in [-0.1, -0.05) is 6.07 Å². The van der Waals surface area contributed by atoms with Gasteiger partial charge in [0.05, 0.1) is 5.54 Å². The van der Waals surface area contributed by atoms with Gasteiger partial charge in [-0.3, -0.25) is 0 Å². The van der Waals surface area contributed by atoms with Gasteiger partial charge in [0.25, 0.3) is 0 Å². The van der Waals surface area contributed by atoms with Crippen molar-refractivity contribution in [3.63, 3.8) is 0 Å². The lowest BCUT2D eigenvalue weighted by atomic mass is 9.82. The highest BCUT2D eigenvalue weighted by atomic mass is 19.1. The summed E-state index contributed by atoms with van der Waals surface area (Å²) in [5.41, 5.74) is 6.81. The zero-order valence-electron chi connectivity index (χ0n) is 11.4. The number of nitrogens with one attached hydrogen (secondary N) is 1. The number of benzene rings is 1. The van der Waals surface area contributed by atoms with Crippen LogP contribution in [0.25, 0.3) is 0 Å². The van der Waals surface area contributed by atoms with Gasteiger partial charge in [-0.15, -0.1) is 0 Å². The van der Waals surface area contributed by atoms with Crippen molar-refractivity contribution in [3.05, 3.63) is 30.1 Å². The van der Waals surface area contributed by atoms with Gasteiger partial charge in [0, 0.05) is 24.3 Å². The average Bonchev–Trinajstić information content (AvgIpc) is 2.63. The van der Waals surface area contributed by atoms with Crippen molar-refractivity contribution >= 4 is 5.69 Å². The average molecular weight is 263 g/mol. The Balaban J connectivity index is 1.81. The molecular weight excluding hydrogens is 241 g/mol. The predicted octanol–water partition coefficient (Wildman–Crippen LogP) is 2.19. The van der Waals surface area contributed by atoms with E-state index in [1.807, 2.05) is 6.07 Å². The molecule has 2 aliphatic rings. The van der Waals surface area contributed by atoms with Crippen LogP contribution in [0.4, 0.5) is 10.1 Å². The van der Waals surface area contributed by atoms with E-state index in [4.69, 9.17) is 5.73 Å². The summed E-state index contributed by atoms with van der Waals surface area (Å²) < 4.78 is 13.3. The minimum absolute atomic E-state index is 0.0772. The van der Waals surface area contributed by atoms with Crippen LogP contribution in [-0.4, -0.2) is 36.1 Å². The molecule has 0 saturated carbocycles. The molecule has 2 fully saturated rings. The largest absolute Gasteiger partial charge is 0.378 e. The van der Waals surface area contributed by atoms with E-state index in [-0.39, 0.29) is 11.4 Å². The van der Waals surface area contributed by atoms with Crippen LogP contribution in [-0.2, 0) is 0 Å². The highest BCUT2D eigenvalue weighted by Gasteiger charge is 2.46. The Bertz CT molecular complexity index is 448. The van der Waals surface area contributed by atoms with Crippen molar-refractivity contribution in [1.82, 2.24) is 4.90 Å². The number of hydrogen-bond acceptors (Lipinski definition) is 3. The maximum Gasteiger partial charge on any atom is 0.125 e. The molecule has 2 heterocycles. The number of fused-ring (bicyclic) bond motifs is 2. The summed E-state index contributed by atoms with van der Waals surface area (Å²) in [6, 6.07) is 7.91. The normalized spacial score (nSPS) is 34.5. The fourth-order valence-electron chi connectivity index (χ4n) is 3.76. The highest BCUT2D eigenvalue weighted by molar-refractivity contribution is 5.46. The highest BCUT2D eigenvalue weighted by Crippen LogP contribution is 2.40. The molecular formula is C15H22FN3. The van der Waals surface area contributed by atoms with Crippen molar-refractivity contribution < 1.29 is 4.39 Å². The molecule has 3 rings (SSSR count). The number of hydrogen-bond donors (Lipinski definition) is 2. The molecule has 2 saturated heterocycles. The summed E-state index contributed by atoms with van der Waals surface area (Å²) in [4.78, 5) is 2.49. The molecule has 19 heavy (non-hydrogen) atoms. The fourth-order valence-corrected chi connectivity index (χ4v) is 3.76. The van der Waals surface area contributed by atoms with Crippen LogP contribution in [0.2, 0.25) is 0 Å². The van der Waals surface area contributed by atoms with Crippen LogP contribution < -0.4 is 11.1 Å². The van der Waals surface area contributed by atoms with E-state index in [1.165, 1.54) is 18.9 Å². The SMILES string of the molecule is CN1C2CCC1CC(CN)(Nc1cccc(F)c1)C2. The molecule has 2 aliphatic heterocycles. The van der Waals surface area contributed by atoms with E-state index < -0.39 is 0 Å². The summed E-state index contributed by atoms with van der Waals surface area (Å²) in [5.74, 6) is -0.201. The van der Waals surface area contributed by atoms with Gasteiger partial charge in [-0.2, -0.15) is 0 Å². The Labute approximate surface area is 114 Å². The third-order valence-corrected chi connectivity index (χ3v) is 4.86. The van der Waals surface area contributed by atoms with Crippen molar-refractivity contribution in [3.8, 4) is 0 Å². The van der Waals surface area contributed by atoms with E-state index in [1.54, 1.807) is 12.1 Å². The summed E-state index contributed by atoms with van der Waals surface area (Å²) in [6.07, 6.45) is 4.61. The van der Waals surface area contributed by atoms with Crippen LogP contribution in [0.15, 0.2) is 24.3 Å². The third kappa shape index (κ3) is 2.35. The smallest absolute Gasteiger partial charge is 0.125 e. The number of rotatable bonds is 3. The van der Waals surface area contributed by atoms with Crippen molar-refractivity contribution in [2.75, 3.05) is 18.9 Å². The second-order valence-electron chi connectivity index (χ2n) is 6.08. The molecule has 0 aliphatic carbocycles. The van der Waals surface area contributed by atoms with E-state index in [2.05, 4.69) is 17.3 Å². The van der Waals surface area contributed by atoms with E-state index >= 15 is 0 Å². The third-order valence-electron chi connectivity index (χ3n) is 4.86. The first-order valence-electron chi connectivity index (χ1n) is 7.08. The number of nitrogens with two attached hydrogens (primary N) is 1. The minimum Gasteiger partial charge on any atom is -0.378 e. The number of anilines is 1. The molecule has 1 aromatic carbocycles.